The SMILES string of the molecule is CNCCCCN(C)C1CCC1. The molecule has 0 amide bonds. The van der Waals surface area contributed by atoms with Gasteiger partial charge in [-0.3, -0.25) is 0 Å². The molecule has 0 heterocycles. The molecule has 1 rings (SSSR count). The van der Waals surface area contributed by atoms with Crippen molar-refractivity contribution in [3.63, 3.8) is 0 Å². The molecule has 0 aromatic heterocycles. The van der Waals surface area contributed by atoms with E-state index in [0.717, 1.165) is 6.04 Å². The highest BCUT2D eigenvalue weighted by molar-refractivity contribution is 4.77. The molecule has 1 aliphatic rings. The second-order valence-electron chi connectivity index (χ2n) is 3.88. The molecular weight excluding hydrogens is 148 g/mol. The third-order valence-electron chi connectivity index (χ3n) is 2.89. The van der Waals surface area contributed by atoms with E-state index in [4.69, 9.17) is 0 Å². The van der Waals surface area contributed by atoms with Crippen LogP contribution in [-0.2, 0) is 0 Å². The Bertz CT molecular complexity index is 110. The second kappa shape index (κ2) is 5.55. The van der Waals surface area contributed by atoms with E-state index in [1.807, 2.05) is 7.05 Å². The number of rotatable bonds is 6. The molecule has 1 saturated carbocycles. The van der Waals surface area contributed by atoms with Gasteiger partial charge in [0.2, 0.25) is 0 Å². The Morgan fingerprint density at radius 2 is 2.08 bits per heavy atom. The molecule has 1 N–H and O–H groups in total. The van der Waals surface area contributed by atoms with E-state index in [2.05, 4.69) is 17.3 Å². The molecule has 0 aromatic carbocycles. The lowest BCUT2D eigenvalue weighted by Gasteiger charge is -2.34. The first kappa shape index (κ1) is 10.0. The van der Waals surface area contributed by atoms with E-state index in [-0.39, 0.29) is 0 Å². The zero-order chi connectivity index (χ0) is 8.81. The van der Waals surface area contributed by atoms with Gasteiger partial charge in [-0.25, -0.2) is 0 Å². The van der Waals surface area contributed by atoms with Gasteiger partial charge in [0.15, 0.2) is 0 Å². The first-order valence-corrected chi connectivity index (χ1v) is 5.19. The van der Waals surface area contributed by atoms with Gasteiger partial charge in [0.1, 0.15) is 0 Å². The van der Waals surface area contributed by atoms with E-state index >= 15 is 0 Å². The predicted octanol–water partition coefficient (Wildman–Crippen LogP) is 1.47. The van der Waals surface area contributed by atoms with Gasteiger partial charge in [0.25, 0.3) is 0 Å². The topological polar surface area (TPSA) is 15.3 Å². The molecule has 0 radical (unpaired) electrons. The summed E-state index contributed by atoms with van der Waals surface area (Å²) in [7, 11) is 4.29. The normalized spacial score (nSPS) is 18.2. The molecule has 0 aromatic rings. The highest BCUT2D eigenvalue weighted by atomic mass is 15.1. The van der Waals surface area contributed by atoms with Gasteiger partial charge in [0.05, 0.1) is 0 Å². The fourth-order valence-electron chi connectivity index (χ4n) is 1.67. The third kappa shape index (κ3) is 3.11. The van der Waals surface area contributed by atoms with Gasteiger partial charge in [-0.1, -0.05) is 6.42 Å². The summed E-state index contributed by atoms with van der Waals surface area (Å²) in [6.07, 6.45) is 6.97. The number of hydrogen-bond donors (Lipinski definition) is 1. The molecule has 0 saturated heterocycles. The van der Waals surface area contributed by atoms with E-state index in [0.29, 0.717) is 0 Å². The molecule has 2 heteroatoms. The molecule has 0 bridgehead atoms. The van der Waals surface area contributed by atoms with E-state index in [1.54, 1.807) is 0 Å². The zero-order valence-electron chi connectivity index (χ0n) is 8.47. The van der Waals surface area contributed by atoms with Crippen LogP contribution in [0.2, 0.25) is 0 Å². The lowest BCUT2D eigenvalue weighted by atomic mass is 9.92. The average Bonchev–Trinajstić information content (AvgIpc) is 1.95. The lowest BCUT2D eigenvalue weighted by Crippen LogP contribution is -2.37. The lowest BCUT2D eigenvalue weighted by molar-refractivity contribution is 0.157. The van der Waals surface area contributed by atoms with Crippen LogP contribution in [0.5, 0.6) is 0 Å². The monoisotopic (exact) mass is 170 g/mol. The van der Waals surface area contributed by atoms with Gasteiger partial charge in [-0.2, -0.15) is 0 Å². The molecule has 72 valence electrons. The fourth-order valence-corrected chi connectivity index (χ4v) is 1.67. The summed E-state index contributed by atoms with van der Waals surface area (Å²) in [5.41, 5.74) is 0. The largest absolute Gasteiger partial charge is 0.320 e. The molecule has 0 atom stereocenters. The van der Waals surface area contributed by atoms with Crippen molar-refractivity contribution in [2.75, 3.05) is 27.2 Å². The van der Waals surface area contributed by atoms with Gasteiger partial charge in [0, 0.05) is 6.04 Å². The molecule has 1 aliphatic carbocycles. The predicted molar refractivity (Wildman–Crippen MR) is 53.4 cm³/mol. The van der Waals surface area contributed by atoms with Crippen molar-refractivity contribution >= 4 is 0 Å². The number of unbranched alkanes of at least 4 members (excludes halogenated alkanes) is 1. The standard InChI is InChI=1S/C10H22N2/c1-11-8-3-4-9-12(2)10-6-5-7-10/h10-11H,3-9H2,1-2H3. The summed E-state index contributed by atoms with van der Waals surface area (Å²) in [4.78, 5) is 2.53. The van der Waals surface area contributed by atoms with Crippen molar-refractivity contribution in [3.05, 3.63) is 0 Å². The molecule has 12 heavy (non-hydrogen) atoms. The number of hydrogen-bond acceptors (Lipinski definition) is 2. The number of nitrogens with zero attached hydrogens (tertiary/aromatic N) is 1. The molecule has 0 unspecified atom stereocenters. The van der Waals surface area contributed by atoms with Crippen molar-refractivity contribution in [1.29, 1.82) is 0 Å². The van der Waals surface area contributed by atoms with Crippen molar-refractivity contribution in [2.45, 2.75) is 38.1 Å². The molecule has 1 fully saturated rings. The van der Waals surface area contributed by atoms with Gasteiger partial charge >= 0.3 is 0 Å². The highest BCUT2D eigenvalue weighted by Gasteiger charge is 2.20. The Morgan fingerprint density at radius 1 is 1.33 bits per heavy atom. The van der Waals surface area contributed by atoms with Gasteiger partial charge in [-0.05, 0) is 52.9 Å². The van der Waals surface area contributed by atoms with Crippen molar-refractivity contribution < 1.29 is 0 Å². The van der Waals surface area contributed by atoms with Crippen LogP contribution >= 0.6 is 0 Å². The summed E-state index contributed by atoms with van der Waals surface area (Å²) in [6.45, 7) is 2.45. The smallest absolute Gasteiger partial charge is 0.00922 e. The molecular formula is C10H22N2. The first-order chi connectivity index (χ1) is 5.84. The van der Waals surface area contributed by atoms with Gasteiger partial charge in [-0.15, -0.1) is 0 Å². The highest BCUT2D eigenvalue weighted by Crippen LogP contribution is 2.23. The van der Waals surface area contributed by atoms with Crippen LogP contribution in [0.15, 0.2) is 0 Å². The average molecular weight is 170 g/mol. The van der Waals surface area contributed by atoms with Crippen molar-refractivity contribution in [3.8, 4) is 0 Å². The minimum absolute atomic E-state index is 0.916. The van der Waals surface area contributed by atoms with Crippen LogP contribution < -0.4 is 5.32 Å². The Morgan fingerprint density at radius 3 is 2.58 bits per heavy atom. The molecule has 0 spiro atoms. The maximum absolute atomic E-state index is 3.18. The van der Waals surface area contributed by atoms with Crippen LogP contribution in [0.3, 0.4) is 0 Å². The molecule has 0 aliphatic heterocycles. The minimum Gasteiger partial charge on any atom is -0.320 e. The summed E-state index contributed by atoms with van der Waals surface area (Å²) in [5, 5.41) is 3.18. The summed E-state index contributed by atoms with van der Waals surface area (Å²) in [6, 6.07) is 0.916. The van der Waals surface area contributed by atoms with E-state index < -0.39 is 0 Å². The Labute approximate surface area is 76.3 Å². The van der Waals surface area contributed by atoms with E-state index in [9.17, 15) is 0 Å². The Balaban J connectivity index is 1.91. The fraction of sp³-hybridized carbons (Fsp3) is 1.00. The summed E-state index contributed by atoms with van der Waals surface area (Å²) in [5.74, 6) is 0. The summed E-state index contributed by atoms with van der Waals surface area (Å²) >= 11 is 0. The van der Waals surface area contributed by atoms with Crippen LogP contribution in [-0.4, -0.2) is 38.1 Å². The van der Waals surface area contributed by atoms with Crippen LogP contribution in [0.1, 0.15) is 32.1 Å². The summed E-state index contributed by atoms with van der Waals surface area (Å²) < 4.78 is 0. The Hall–Kier alpha value is -0.0800. The Kier molecular flexibility index (Phi) is 4.62. The first-order valence-electron chi connectivity index (χ1n) is 5.19. The quantitative estimate of drug-likeness (QED) is 0.607. The van der Waals surface area contributed by atoms with Gasteiger partial charge < -0.3 is 10.2 Å². The minimum atomic E-state index is 0.916. The maximum atomic E-state index is 3.18. The van der Waals surface area contributed by atoms with Crippen molar-refractivity contribution in [1.82, 2.24) is 10.2 Å². The maximum Gasteiger partial charge on any atom is 0.00922 e. The third-order valence-corrected chi connectivity index (χ3v) is 2.89. The van der Waals surface area contributed by atoms with Crippen LogP contribution in [0.4, 0.5) is 0 Å². The van der Waals surface area contributed by atoms with E-state index in [1.165, 1.54) is 45.2 Å². The second-order valence-corrected chi connectivity index (χ2v) is 3.88. The molecule has 2 nitrogen and oxygen atoms in total. The zero-order valence-corrected chi connectivity index (χ0v) is 8.47. The number of nitrogens with one attached hydrogen (secondary N) is 1. The van der Waals surface area contributed by atoms with Crippen molar-refractivity contribution in [2.24, 2.45) is 0 Å². The van der Waals surface area contributed by atoms with Crippen LogP contribution in [0, 0.1) is 0 Å². The van der Waals surface area contributed by atoms with Crippen LogP contribution in [0.25, 0.3) is 0 Å².